The van der Waals surface area contributed by atoms with E-state index >= 15 is 0 Å². The minimum absolute atomic E-state index is 0.202. The molecule has 1 fully saturated rings. The van der Waals surface area contributed by atoms with Gasteiger partial charge in [-0.2, -0.15) is 0 Å². The third-order valence-corrected chi connectivity index (χ3v) is 3.08. The Bertz CT molecular complexity index is 189. The predicted molar refractivity (Wildman–Crippen MR) is 68.8 cm³/mol. The number of ether oxygens (including phenoxy) is 1. The number of rotatable bonds is 5. The lowest BCUT2D eigenvalue weighted by atomic mass is 9.88. The molecule has 1 rings (SSSR count). The smallest absolute Gasteiger partial charge is 0.0469 e. The summed E-state index contributed by atoms with van der Waals surface area (Å²) >= 11 is 0. The molecule has 96 valence electrons. The van der Waals surface area contributed by atoms with E-state index in [1.165, 1.54) is 12.8 Å². The second-order valence-electron chi connectivity index (χ2n) is 5.74. The number of hydrogen-bond acceptors (Lipinski definition) is 3. The molecule has 0 spiro atoms. The van der Waals surface area contributed by atoms with Gasteiger partial charge in [-0.1, -0.05) is 0 Å². The molecule has 1 saturated heterocycles. The molecule has 3 nitrogen and oxygen atoms in total. The Morgan fingerprint density at radius 2 is 2.12 bits per heavy atom. The number of hydrogen-bond donors (Lipinski definition) is 2. The molecule has 2 N–H and O–H groups in total. The van der Waals surface area contributed by atoms with Gasteiger partial charge >= 0.3 is 0 Å². The van der Waals surface area contributed by atoms with E-state index in [1.54, 1.807) is 0 Å². The summed E-state index contributed by atoms with van der Waals surface area (Å²) in [5.74, 6) is 0.757. The van der Waals surface area contributed by atoms with Crippen molar-refractivity contribution in [2.45, 2.75) is 52.1 Å². The monoisotopic (exact) mass is 228 g/mol. The highest BCUT2D eigenvalue weighted by molar-refractivity contribution is 4.88. The molecule has 0 saturated carbocycles. The average molecular weight is 228 g/mol. The summed E-state index contributed by atoms with van der Waals surface area (Å²) in [6, 6.07) is 0.592. The van der Waals surface area contributed by atoms with Crippen molar-refractivity contribution in [2.24, 2.45) is 5.92 Å². The Hall–Kier alpha value is -0.120. The highest BCUT2D eigenvalue weighted by Crippen LogP contribution is 2.19. The maximum Gasteiger partial charge on any atom is 0.0469 e. The van der Waals surface area contributed by atoms with Crippen LogP contribution in [0.15, 0.2) is 0 Å². The molecule has 0 bridgehead atoms. The van der Waals surface area contributed by atoms with Crippen LogP contribution in [0.5, 0.6) is 0 Å². The van der Waals surface area contributed by atoms with Crippen molar-refractivity contribution in [2.75, 3.05) is 26.3 Å². The van der Waals surface area contributed by atoms with Crippen molar-refractivity contribution in [1.82, 2.24) is 10.6 Å². The Morgan fingerprint density at radius 3 is 2.75 bits per heavy atom. The quantitative estimate of drug-likeness (QED) is 0.704. The zero-order valence-corrected chi connectivity index (χ0v) is 11.3. The first-order chi connectivity index (χ1) is 7.53. The van der Waals surface area contributed by atoms with E-state index in [0.717, 1.165) is 32.2 Å². The summed E-state index contributed by atoms with van der Waals surface area (Å²) in [7, 11) is 0. The van der Waals surface area contributed by atoms with Crippen LogP contribution in [0.1, 0.15) is 40.5 Å². The summed E-state index contributed by atoms with van der Waals surface area (Å²) in [5, 5.41) is 7.19. The SMILES string of the molecule is CCOCCC1CCNCC1NC(C)(C)C. The van der Waals surface area contributed by atoms with Crippen LogP contribution in [-0.2, 0) is 4.74 Å². The van der Waals surface area contributed by atoms with Gasteiger partial charge in [0, 0.05) is 31.3 Å². The van der Waals surface area contributed by atoms with Gasteiger partial charge in [-0.15, -0.1) is 0 Å². The van der Waals surface area contributed by atoms with E-state index in [-0.39, 0.29) is 5.54 Å². The first kappa shape index (κ1) is 13.9. The maximum atomic E-state index is 5.47. The fourth-order valence-electron chi connectivity index (χ4n) is 2.36. The summed E-state index contributed by atoms with van der Waals surface area (Å²) < 4.78 is 5.47. The Labute approximate surface area is 100 Å². The minimum Gasteiger partial charge on any atom is -0.382 e. The molecule has 0 aromatic carbocycles. The lowest BCUT2D eigenvalue weighted by Gasteiger charge is -2.37. The molecule has 3 heteroatoms. The highest BCUT2D eigenvalue weighted by Gasteiger charge is 2.27. The van der Waals surface area contributed by atoms with Crippen molar-refractivity contribution in [3.05, 3.63) is 0 Å². The second kappa shape index (κ2) is 6.58. The van der Waals surface area contributed by atoms with Gasteiger partial charge in [0.2, 0.25) is 0 Å². The molecular formula is C13H28N2O. The Balaban J connectivity index is 2.37. The van der Waals surface area contributed by atoms with Crippen molar-refractivity contribution in [1.29, 1.82) is 0 Å². The summed E-state index contributed by atoms with van der Waals surface area (Å²) in [5.41, 5.74) is 0.202. The molecule has 2 unspecified atom stereocenters. The van der Waals surface area contributed by atoms with Gasteiger partial charge in [0.25, 0.3) is 0 Å². The lowest BCUT2D eigenvalue weighted by molar-refractivity contribution is 0.113. The van der Waals surface area contributed by atoms with Gasteiger partial charge in [-0.3, -0.25) is 0 Å². The van der Waals surface area contributed by atoms with E-state index < -0.39 is 0 Å². The average Bonchev–Trinajstić information content (AvgIpc) is 2.19. The number of piperidine rings is 1. The van der Waals surface area contributed by atoms with Crippen LogP contribution in [0.2, 0.25) is 0 Å². The third kappa shape index (κ3) is 5.28. The van der Waals surface area contributed by atoms with E-state index in [0.29, 0.717) is 6.04 Å². The first-order valence-corrected chi connectivity index (χ1v) is 6.59. The van der Waals surface area contributed by atoms with E-state index in [2.05, 4.69) is 38.3 Å². The zero-order valence-electron chi connectivity index (χ0n) is 11.3. The van der Waals surface area contributed by atoms with Gasteiger partial charge in [0.1, 0.15) is 0 Å². The van der Waals surface area contributed by atoms with Crippen LogP contribution in [0.4, 0.5) is 0 Å². The van der Waals surface area contributed by atoms with Crippen LogP contribution in [0, 0.1) is 5.92 Å². The molecule has 1 heterocycles. The van der Waals surface area contributed by atoms with Crippen molar-refractivity contribution >= 4 is 0 Å². The fourth-order valence-corrected chi connectivity index (χ4v) is 2.36. The normalized spacial score (nSPS) is 27.0. The van der Waals surface area contributed by atoms with Gasteiger partial charge in [-0.05, 0) is 53.0 Å². The summed E-state index contributed by atoms with van der Waals surface area (Å²) in [6.07, 6.45) is 2.45. The topological polar surface area (TPSA) is 33.3 Å². The van der Waals surface area contributed by atoms with Crippen LogP contribution < -0.4 is 10.6 Å². The van der Waals surface area contributed by atoms with Crippen LogP contribution in [0.25, 0.3) is 0 Å². The highest BCUT2D eigenvalue weighted by atomic mass is 16.5. The summed E-state index contributed by atoms with van der Waals surface area (Å²) in [6.45, 7) is 12.8. The van der Waals surface area contributed by atoms with Crippen LogP contribution >= 0.6 is 0 Å². The molecule has 1 aliphatic rings. The predicted octanol–water partition coefficient (Wildman–Crippen LogP) is 1.78. The molecule has 2 atom stereocenters. The molecule has 0 aromatic rings. The molecule has 0 aliphatic carbocycles. The van der Waals surface area contributed by atoms with Gasteiger partial charge in [0.15, 0.2) is 0 Å². The van der Waals surface area contributed by atoms with Gasteiger partial charge in [0.05, 0.1) is 0 Å². The lowest BCUT2D eigenvalue weighted by Crippen LogP contribution is -2.55. The van der Waals surface area contributed by atoms with Crippen molar-refractivity contribution in [3.63, 3.8) is 0 Å². The molecule has 0 aromatic heterocycles. The largest absolute Gasteiger partial charge is 0.382 e. The molecule has 0 radical (unpaired) electrons. The van der Waals surface area contributed by atoms with Gasteiger partial charge < -0.3 is 15.4 Å². The minimum atomic E-state index is 0.202. The van der Waals surface area contributed by atoms with Gasteiger partial charge in [-0.25, -0.2) is 0 Å². The standard InChI is InChI=1S/C13H28N2O/c1-5-16-9-7-11-6-8-14-10-12(11)15-13(2,3)4/h11-12,14-15H,5-10H2,1-4H3. The van der Waals surface area contributed by atoms with E-state index in [4.69, 9.17) is 4.74 Å². The van der Waals surface area contributed by atoms with E-state index in [9.17, 15) is 0 Å². The molecule has 1 aliphatic heterocycles. The number of nitrogens with one attached hydrogen (secondary N) is 2. The van der Waals surface area contributed by atoms with E-state index in [1.807, 2.05) is 0 Å². The van der Waals surface area contributed by atoms with Crippen molar-refractivity contribution in [3.8, 4) is 0 Å². The zero-order chi connectivity index (χ0) is 12.0. The third-order valence-electron chi connectivity index (χ3n) is 3.08. The summed E-state index contributed by atoms with van der Waals surface area (Å²) in [4.78, 5) is 0. The molecule has 0 amide bonds. The molecule has 16 heavy (non-hydrogen) atoms. The molecular weight excluding hydrogens is 200 g/mol. The Kier molecular flexibility index (Phi) is 5.73. The van der Waals surface area contributed by atoms with Crippen LogP contribution in [0.3, 0.4) is 0 Å². The maximum absolute atomic E-state index is 5.47. The van der Waals surface area contributed by atoms with Crippen LogP contribution in [-0.4, -0.2) is 37.9 Å². The second-order valence-corrected chi connectivity index (χ2v) is 5.74. The Morgan fingerprint density at radius 1 is 1.38 bits per heavy atom. The fraction of sp³-hybridized carbons (Fsp3) is 1.00. The first-order valence-electron chi connectivity index (χ1n) is 6.59. The van der Waals surface area contributed by atoms with Crippen molar-refractivity contribution < 1.29 is 4.74 Å².